The number of halogens is 2. The van der Waals surface area contributed by atoms with Crippen LogP contribution in [0, 0.1) is 0 Å². The Labute approximate surface area is 118 Å². The molecule has 7 heteroatoms. The van der Waals surface area contributed by atoms with Gasteiger partial charge in [0.15, 0.2) is 5.15 Å². The van der Waals surface area contributed by atoms with Crippen LogP contribution in [-0.2, 0) is 9.53 Å². The zero-order chi connectivity index (χ0) is 13.1. The minimum atomic E-state index is -0.464. The average molecular weight is 335 g/mol. The van der Waals surface area contributed by atoms with E-state index >= 15 is 0 Å². The second-order valence-corrected chi connectivity index (χ2v) is 5.31. The fraction of sp³-hybridized carbons (Fsp3) is 0.455. The molecule has 1 aromatic heterocycles. The van der Waals surface area contributed by atoms with E-state index in [0.29, 0.717) is 18.7 Å². The van der Waals surface area contributed by atoms with E-state index in [9.17, 15) is 4.79 Å². The number of carbonyl (C=O) groups excluding carboxylic acids is 1. The summed E-state index contributed by atoms with van der Waals surface area (Å²) in [6, 6.07) is 1.70. The molecule has 1 aliphatic heterocycles. The van der Waals surface area contributed by atoms with E-state index in [4.69, 9.17) is 22.1 Å². The van der Waals surface area contributed by atoms with Crippen molar-refractivity contribution in [3.8, 4) is 0 Å². The predicted molar refractivity (Wildman–Crippen MR) is 72.5 cm³/mol. The lowest BCUT2D eigenvalue weighted by Crippen LogP contribution is -2.29. The molecule has 1 saturated heterocycles. The van der Waals surface area contributed by atoms with E-state index in [1.165, 1.54) is 0 Å². The topological polar surface area (TPSA) is 77.2 Å². The number of anilines is 1. The largest absolute Gasteiger partial charge is 0.364 e. The van der Waals surface area contributed by atoms with Crippen molar-refractivity contribution < 1.29 is 9.53 Å². The third-order valence-electron chi connectivity index (χ3n) is 2.73. The normalized spacial score (nSPS) is 23.1. The van der Waals surface area contributed by atoms with Crippen LogP contribution in [0.2, 0.25) is 5.15 Å². The average Bonchev–Trinajstić information content (AvgIpc) is 2.82. The number of ether oxygens (including phenoxy) is 1. The van der Waals surface area contributed by atoms with Crippen LogP contribution < -0.4 is 11.1 Å². The predicted octanol–water partition coefficient (Wildman–Crippen LogP) is 1.94. The third kappa shape index (κ3) is 3.20. The molecule has 1 fully saturated rings. The lowest BCUT2D eigenvalue weighted by molar-refractivity contribution is -0.126. The maximum atomic E-state index is 12.0. The van der Waals surface area contributed by atoms with E-state index in [1.807, 2.05) is 0 Å². The molecule has 2 rings (SSSR count). The first-order chi connectivity index (χ1) is 8.60. The number of pyridine rings is 1. The summed E-state index contributed by atoms with van der Waals surface area (Å²) in [5.41, 5.74) is 5.97. The van der Waals surface area contributed by atoms with Crippen LogP contribution in [0.5, 0.6) is 0 Å². The molecule has 1 aliphatic rings. The van der Waals surface area contributed by atoms with Crippen LogP contribution in [0.25, 0.3) is 0 Å². The molecule has 2 atom stereocenters. The summed E-state index contributed by atoms with van der Waals surface area (Å²) in [7, 11) is 0. The zero-order valence-corrected chi connectivity index (χ0v) is 11.9. The van der Waals surface area contributed by atoms with Crippen molar-refractivity contribution in [2.45, 2.75) is 25.0 Å². The SMILES string of the molecule is NCC1CCC(C(=O)Nc2cc(Br)cnc2Cl)O1. The Morgan fingerprint density at radius 1 is 1.67 bits per heavy atom. The van der Waals surface area contributed by atoms with Gasteiger partial charge in [-0.25, -0.2) is 4.98 Å². The van der Waals surface area contributed by atoms with Gasteiger partial charge in [-0.1, -0.05) is 11.6 Å². The first-order valence-electron chi connectivity index (χ1n) is 5.57. The van der Waals surface area contributed by atoms with E-state index in [0.717, 1.165) is 10.9 Å². The summed E-state index contributed by atoms with van der Waals surface area (Å²) in [6.07, 6.45) is 2.55. The Hall–Kier alpha value is -0.690. The number of nitrogens with two attached hydrogens (primary N) is 1. The number of rotatable bonds is 3. The summed E-state index contributed by atoms with van der Waals surface area (Å²) in [5.74, 6) is -0.215. The molecule has 18 heavy (non-hydrogen) atoms. The standard InChI is InChI=1S/C11H13BrClN3O2/c12-6-3-8(10(13)15-5-6)16-11(17)9-2-1-7(4-14)18-9/h3,5,7,9H,1-2,4,14H2,(H,16,17). The van der Waals surface area contributed by atoms with Gasteiger partial charge in [-0.05, 0) is 34.8 Å². The molecule has 5 nitrogen and oxygen atoms in total. The van der Waals surface area contributed by atoms with Crippen LogP contribution in [0.3, 0.4) is 0 Å². The summed E-state index contributed by atoms with van der Waals surface area (Å²) in [4.78, 5) is 15.9. The highest BCUT2D eigenvalue weighted by Crippen LogP contribution is 2.25. The van der Waals surface area contributed by atoms with Gasteiger partial charge in [0.1, 0.15) is 6.10 Å². The maximum Gasteiger partial charge on any atom is 0.253 e. The van der Waals surface area contributed by atoms with E-state index < -0.39 is 6.10 Å². The minimum Gasteiger partial charge on any atom is -0.364 e. The maximum absolute atomic E-state index is 12.0. The van der Waals surface area contributed by atoms with Gasteiger partial charge in [0, 0.05) is 17.2 Å². The van der Waals surface area contributed by atoms with Crippen molar-refractivity contribution >= 4 is 39.1 Å². The second kappa shape index (κ2) is 5.97. The minimum absolute atomic E-state index is 0.0307. The van der Waals surface area contributed by atoms with Gasteiger partial charge in [0.05, 0.1) is 11.8 Å². The van der Waals surface area contributed by atoms with Crippen molar-refractivity contribution in [2.24, 2.45) is 5.73 Å². The summed E-state index contributed by atoms with van der Waals surface area (Å²) in [5, 5.41) is 2.96. The van der Waals surface area contributed by atoms with Crippen molar-refractivity contribution in [1.29, 1.82) is 0 Å². The molecule has 0 aromatic carbocycles. The number of hydrogen-bond acceptors (Lipinski definition) is 4. The molecule has 0 radical (unpaired) electrons. The van der Waals surface area contributed by atoms with Gasteiger partial charge in [-0.2, -0.15) is 0 Å². The first-order valence-corrected chi connectivity index (χ1v) is 6.74. The van der Waals surface area contributed by atoms with Crippen molar-refractivity contribution in [1.82, 2.24) is 4.98 Å². The van der Waals surface area contributed by atoms with Gasteiger partial charge in [0.2, 0.25) is 0 Å². The Balaban J connectivity index is 2.01. The van der Waals surface area contributed by atoms with Crippen molar-refractivity contribution in [3.63, 3.8) is 0 Å². The Morgan fingerprint density at radius 3 is 3.11 bits per heavy atom. The fourth-order valence-corrected chi connectivity index (χ4v) is 2.28. The van der Waals surface area contributed by atoms with E-state index in [-0.39, 0.29) is 17.2 Å². The van der Waals surface area contributed by atoms with Gasteiger partial charge >= 0.3 is 0 Å². The van der Waals surface area contributed by atoms with Gasteiger partial charge in [-0.15, -0.1) is 0 Å². The number of carbonyl (C=O) groups is 1. The van der Waals surface area contributed by atoms with Crippen molar-refractivity contribution in [2.75, 3.05) is 11.9 Å². The Bertz CT molecular complexity index is 458. The Morgan fingerprint density at radius 2 is 2.44 bits per heavy atom. The van der Waals surface area contributed by atoms with E-state index in [1.54, 1.807) is 12.3 Å². The molecule has 98 valence electrons. The number of nitrogens with one attached hydrogen (secondary N) is 1. The van der Waals surface area contributed by atoms with Gasteiger partial charge in [-0.3, -0.25) is 4.79 Å². The molecule has 3 N–H and O–H groups in total. The number of aromatic nitrogens is 1. The molecule has 1 amide bonds. The highest BCUT2D eigenvalue weighted by molar-refractivity contribution is 9.10. The third-order valence-corrected chi connectivity index (χ3v) is 3.46. The number of hydrogen-bond donors (Lipinski definition) is 2. The molecule has 2 heterocycles. The Kier molecular flexibility index (Phi) is 4.55. The first kappa shape index (κ1) is 13.7. The van der Waals surface area contributed by atoms with Crippen LogP contribution in [0.15, 0.2) is 16.7 Å². The molecule has 1 aromatic rings. The van der Waals surface area contributed by atoms with Crippen LogP contribution in [0.1, 0.15) is 12.8 Å². The highest BCUT2D eigenvalue weighted by Gasteiger charge is 2.30. The summed E-state index contributed by atoms with van der Waals surface area (Å²) < 4.78 is 6.25. The molecular weight excluding hydrogens is 321 g/mol. The molecule has 0 saturated carbocycles. The molecular formula is C11H13BrClN3O2. The lowest BCUT2D eigenvalue weighted by Gasteiger charge is -2.13. The summed E-state index contributed by atoms with van der Waals surface area (Å²) >= 11 is 9.17. The second-order valence-electron chi connectivity index (χ2n) is 4.04. The zero-order valence-electron chi connectivity index (χ0n) is 9.53. The molecule has 2 unspecified atom stereocenters. The van der Waals surface area contributed by atoms with Crippen molar-refractivity contribution in [3.05, 3.63) is 21.9 Å². The molecule has 0 bridgehead atoms. The number of amides is 1. The molecule has 0 spiro atoms. The quantitative estimate of drug-likeness (QED) is 0.828. The van der Waals surface area contributed by atoms with Gasteiger partial charge in [0.25, 0.3) is 5.91 Å². The smallest absolute Gasteiger partial charge is 0.253 e. The monoisotopic (exact) mass is 333 g/mol. The van der Waals surface area contributed by atoms with E-state index in [2.05, 4.69) is 26.2 Å². The highest BCUT2D eigenvalue weighted by atomic mass is 79.9. The van der Waals surface area contributed by atoms with Crippen LogP contribution >= 0.6 is 27.5 Å². The van der Waals surface area contributed by atoms with Gasteiger partial charge < -0.3 is 15.8 Å². The van der Waals surface area contributed by atoms with Crippen LogP contribution in [0.4, 0.5) is 5.69 Å². The fourth-order valence-electron chi connectivity index (χ4n) is 1.80. The lowest BCUT2D eigenvalue weighted by atomic mass is 10.2. The molecule has 0 aliphatic carbocycles. The number of nitrogens with zero attached hydrogens (tertiary/aromatic N) is 1. The van der Waals surface area contributed by atoms with Crippen LogP contribution in [-0.4, -0.2) is 29.6 Å². The summed E-state index contributed by atoms with van der Waals surface area (Å²) in [6.45, 7) is 0.434.